The summed E-state index contributed by atoms with van der Waals surface area (Å²) < 4.78 is 29.0. The molecule has 0 aromatic carbocycles. The largest absolute Gasteiger partial charge is 0.319 e. The zero-order valence-corrected chi connectivity index (χ0v) is 14.4. The Balaban J connectivity index is 2.05. The second-order valence-electron chi connectivity index (χ2n) is 6.37. The molecule has 0 amide bonds. The monoisotopic (exact) mass is 321 g/mol. The fourth-order valence-electron chi connectivity index (χ4n) is 3.03. The Morgan fingerprint density at radius 3 is 2.70 bits per heavy atom. The molecule has 0 aromatic heterocycles. The van der Waals surface area contributed by atoms with Crippen molar-refractivity contribution in [3.63, 3.8) is 0 Å². The molecule has 2 heterocycles. The highest BCUT2D eigenvalue weighted by Crippen LogP contribution is 2.32. The van der Waals surface area contributed by atoms with Crippen molar-refractivity contribution in [3.8, 4) is 0 Å². The van der Waals surface area contributed by atoms with Crippen LogP contribution in [-0.4, -0.2) is 67.3 Å². The molecular formula is C13H27N3O2S2. The van der Waals surface area contributed by atoms with Crippen LogP contribution in [0.25, 0.3) is 0 Å². The van der Waals surface area contributed by atoms with E-state index in [1.54, 1.807) is 8.61 Å². The first-order chi connectivity index (χ1) is 9.35. The summed E-state index contributed by atoms with van der Waals surface area (Å²) in [5.41, 5.74) is 0. The molecule has 2 fully saturated rings. The van der Waals surface area contributed by atoms with Crippen LogP contribution >= 0.6 is 11.8 Å². The van der Waals surface area contributed by atoms with Crippen molar-refractivity contribution in [2.75, 3.05) is 45.5 Å². The number of thioether (sulfide) groups is 1. The van der Waals surface area contributed by atoms with Crippen LogP contribution in [0, 0.1) is 5.92 Å². The Morgan fingerprint density at radius 2 is 2.05 bits per heavy atom. The second kappa shape index (κ2) is 6.52. The lowest BCUT2D eigenvalue weighted by Gasteiger charge is -2.41. The van der Waals surface area contributed by atoms with E-state index >= 15 is 0 Å². The van der Waals surface area contributed by atoms with Crippen LogP contribution in [0.3, 0.4) is 0 Å². The highest BCUT2D eigenvalue weighted by molar-refractivity contribution is 8.00. The maximum atomic E-state index is 12.8. The first kappa shape index (κ1) is 16.5. The van der Waals surface area contributed by atoms with E-state index in [1.165, 1.54) is 0 Å². The quantitative estimate of drug-likeness (QED) is 0.839. The molecule has 7 heteroatoms. The van der Waals surface area contributed by atoms with Gasteiger partial charge in [0.2, 0.25) is 0 Å². The summed E-state index contributed by atoms with van der Waals surface area (Å²) in [7, 11) is -1.35. The molecule has 20 heavy (non-hydrogen) atoms. The molecule has 0 radical (unpaired) electrons. The lowest BCUT2D eigenvalue weighted by atomic mass is 10.00. The van der Waals surface area contributed by atoms with Gasteiger partial charge >= 0.3 is 0 Å². The zero-order valence-electron chi connectivity index (χ0n) is 12.8. The van der Waals surface area contributed by atoms with Crippen molar-refractivity contribution in [3.05, 3.63) is 0 Å². The maximum absolute atomic E-state index is 12.8. The van der Waals surface area contributed by atoms with Gasteiger partial charge in [-0.2, -0.15) is 28.8 Å². The fourth-order valence-corrected chi connectivity index (χ4v) is 6.23. The van der Waals surface area contributed by atoms with Gasteiger partial charge in [-0.3, -0.25) is 0 Å². The topological polar surface area (TPSA) is 52.7 Å². The molecule has 5 nitrogen and oxygen atoms in total. The van der Waals surface area contributed by atoms with Crippen LogP contribution in [0.5, 0.6) is 0 Å². The minimum atomic E-state index is -3.28. The number of nitrogens with zero attached hydrogens (tertiary/aromatic N) is 2. The molecule has 0 saturated carbocycles. The second-order valence-corrected chi connectivity index (χ2v) is 10.1. The van der Waals surface area contributed by atoms with Gasteiger partial charge < -0.3 is 5.32 Å². The van der Waals surface area contributed by atoms with Gasteiger partial charge in [0.1, 0.15) is 0 Å². The lowest BCUT2D eigenvalue weighted by Crippen LogP contribution is -2.54. The van der Waals surface area contributed by atoms with Crippen LogP contribution in [0.15, 0.2) is 0 Å². The Kier molecular flexibility index (Phi) is 5.40. The van der Waals surface area contributed by atoms with E-state index in [9.17, 15) is 8.42 Å². The van der Waals surface area contributed by atoms with Crippen LogP contribution in [-0.2, 0) is 10.2 Å². The van der Waals surface area contributed by atoms with Gasteiger partial charge in [-0.15, -0.1) is 0 Å². The average molecular weight is 322 g/mol. The average Bonchev–Trinajstić information content (AvgIpc) is 2.38. The van der Waals surface area contributed by atoms with Gasteiger partial charge in [-0.05, 0) is 46.2 Å². The third-order valence-corrected chi connectivity index (χ3v) is 7.26. The van der Waals surface area contributed by atoms with Gasteiger partial charge in [0, 0.05) is 36.7 Å². The standard InChI is InChI=1S/C13H27N3O2S2/c1-13(2)11-16(7-8-19-13)20(17,18)15-6-4-5-12(10-15)9-14-3/h12,14H,4-11H2,1-3H3. The van der Waals surface area contributed by atoms with Gasteiger partial charge in [0.05, 0.1) is 0 Å². The summed E-state index contributed by atoms with van der Waals surface area (Å²) in [6.45, 7) is 7.74. The summed E-state index contributed by atoms with van der Waals surface area (Å²) in [5.74, 6) is 1.33. The van der Waals surface area contributed by atoms with E-state index in [4.69, 9.17) is 0 Å². The molecule has 2 saturated heterocycles. The number of rotatable bonds is 4. The summed E-state index contributed by atoms with van der Waals surface area (Å²) in [6.07, 6.45) is 2.09. The van der Waals surface area contributed by atoms with E-state index in [0.29, 0.717) is 32.1 Å². The molecule has 0 bridgehead atoms. The fraction of sp³-hybridized carbons (Fsp3) is 1.00. The first-order valence-corrected chi connectivity index (χ1v) is 9.77. The SMILES string of the molecule is CNCC1CCCN(S(=O)(=O)N2CCSC(C)(C)C2)C1. The van der Waals surface area contributed by atoms with Crippen LogP contribution in [0.4, 0.5) is 0 Å². The molecule has 2 rings (SSSR count). The number of piperidine rings is 1. The predicted octanol–water partition coefficient (Wildman–Crippen LogP) is 0.990. The van der Waals surface area contributed by atoms with Crippen LogP contribution < -0.4 is 5.32 Å². The van der Waals surface area contributed by atoms with E-state index in [1.807, 2.05) is 18.8 Å². The third kappa shape index (κ3) is 3.88. The third-order valence-electron chi connectivity index (χ3n) is 4.02. The van der Waals surface area contributed by atoms with Crippen molar-refractivity contribution in [1.29, 1.82) is 0 Å². The summed E-state index contributed by atoms with van der Waals surface area (Å²) in [5, 5.41) is 3.16. The molecule has 1 N–H and O–H groups in total. The van der Waals surface area contributed by atoms with Crippen molar-refractivity contribution in [1.82, 2.24) is 13.9 Å². The molecule has 2 aliphatic rings. The van der Waals surface area contributed by atoms with E-state index < -0.39 is 10.2 Å². The predicted molar refractivity (Wildman–Crippen MR) is 85.3 cm³/mol. The summed E-state index contributed by atoms with van der Waals surface area (Å²) >= 11 is 1.86. The van der Waals surface area contributed by atoms with Gasteiger partial charge in [-0.1, -0.05) is 0 Å². The van der Waals surface area contributed by atoms with Crippen molar-refractivity contribution in [2.45, 2.75) is 31.4 Å². The van der Waals surface area contributed by atoms with E-state index in [-0.39, 0.29) is 4.75 Å². The van der Waals surface area contributed by atoms with Crippen LogP contribution in [0.1, 0.15) is 26.7 Å². The van der Waals surface area contributed by atoms with Crippen molar-refractivity contribution >= 4 is 22.0 Å². The minimum Gasteiger partial charge on any atom is -0.319 e. The van der Waals surface area contributed by atoms with Gasteiger partial charge in [0.15, 0.2) is 0 Å². The summed E-state index contributed by atoms with van der Waals surface area (Å²) in [6, 6.07) is 0. The van der Waals surface area contributed by atoms with E-state index in [2.05, 4.69) is 19.2 Å². The molecule has 1 unspecified atom stereocenters. The Labute approximate surface area is 127 Å². The summed E-state index contributed by atoms with van der Waals surface area (Å²) in [4.78, 5) is 0. The number of hydrogen-bond donors (Lipinski definition) is 1. The molecule has 1 atom stereocenters. The Bertz CT molecular complexity index is 423. The maximum Gasteiger partial charge on any atom is 0.282 e. The molecular weight excluding hydrogens is 294 g/mol. The van der Waals surface area contributed by atoms with Gasteiger partial charge in [-0.25, -0.2) is 0 Å². The Hall–Kier alpha value is 0.180. The highest BCUT2D eigenvalue weighted by Gasteiger charge is 2.38. The minimum absolute atomic E-state index is 0.0193. The zero-order chi connectivity index (χ0) is 14.8. The Morgan fingerprint density at radius 1 is 1.30 bits per heavy atom. The molecule has 0 aromatic rings. The smallest absolute Gasteiger partial charge is 0.282 e. The lowest BCUT2D eigenvalue weighted by molar-refractivity contribution is 0.242. The van der Waals surface area contributed by atoms with Crippen LogP contribution in [0.2, 0.25) is 0 Å². The molecule has 0 spiro atoms. The van der Waals surface area contributed by atoms with Crippen molar-refractivity contribution in [2.24, 2.45) is 5.92 Å². The normalized spacial score (nSPS) is 29.4. The number of nitrogens with one attached hydrogen (secondary N) is 1. The van der Waals surface area contributed by atoms with Gasteiger partial charge in [0.25, 0.3) is 10.2 Å². The molecule has 2 aliphatic heterocycles. The van der Waals surface area contributed by atoms with E-state index in [0.717, 1.165) is 25.1 Å². The molecule has 0 aliphatic carbocycles. The van der Waals surface area contributed by atoms with Crippen molar-refractivity contribution < 1.29 is 8.42 Å². The number of hydrogen-bond acceptors (Lipinski definition) is 4. The molecule has 118 valence electrons. The first-order valence-electron chi connectivity index (χ1n) is 7.39. The highest BCUT2D eigenvalue weighted by atomic mass is 32.2.